The van der Waals surface area contributed by atoms with Crippen LogP contribution in [0.15, 0.2) is 40.8 Å². The number of hydrogen-bond acceptors (Lipinski definition) is 3. The summed E-state index contributed by atoms with van der Waals surface area (Å²) >= 11 is 0. The van der Waals surface area contributed by atoms with Crippen molar-refractivity contribution in [1.29, 1.82) is 0 Å². The molecule has 0 aliphatic heterocycles. The van der Waals surface area contributed by atoms with Crippen LogP contribution in [0.25, 0.3) is 0 Å². The number of carbonyl (C=O) groups is 1. The summed E-state index contributed by atoms with van der Waals surface area (Å²) in [7, 11) is 2.91. The molecule has 4 nitrogen and oxygen atoms in total. The van der Waals surface area contributed by atoms with Crippen molar-refractivity contribution in [2.24, 2.45) is 0 Å². The molecule has 0 aliphatic carbocycles. The van der Waals surface area contributed by atoms with Gasteiger partial charge in [0.05, 0.1) is 5.56 Å². The highest BCUT2D eigenvalue weighted by molar-refractivity contribution is 5.91. The third-order valence-electron chi connectivity index (χ3n) is 3.24. The largest absolute Gasteiger partial charge is 0.453 e. The molecule has 0 fully saturated rings. The molecule has 23 heavy (non-hydrogen) atoms. The molecule has 1 amide bonds. The summed E-state index contributed by atoms with van der Waals surface area (Å²) in [6.07, 6.45) is -4.46. The number of ether oxygens (including phenoxy) is 1. The minimum absolute atomic E-state index is 0.0273. The normalized spacial score (nSPS) is 11.5. The Kier molecular flexibility index (Phi) is 5.10. The highest BCUT2D eigenvalue weighted by atomic mass is 19.4. The molecule has 7 heteroatoms. The van der Waals surface area contributed by atoms with Gasteiger partial charge < -0.3 is 14.1 Å². The van der Waals surface area contributed by atoms with Gasteiger partial charge in [-0.1, -0.05) is 18.2 Å². The lowest BCUT2D eigenvalue weighted by molar-refractivity contribution is -0.138. The monoisotopic (exact) mass is 327 g/mol. The molecule has 124 valence electrons. The summed E-state index contributed by atoms with van der Waals surface area (Å²) in [6.45, 7) is 0.0444. The van der Waals surface area contributed by atoms with Crippen molar-refractivity contribution in [3.8, 4) is 0 Å². The predicted octanol–water partition coefficient (Wildman–Crippen LogP) is 3.72. The molecule has 2 rings (SSSR count). The first-order chi connectivity index (χ1) is 10.8. The number of furan rings is 1. The standard InChI is InChI=1S/C16H16F3NO3/c1-20(15(21)14-8-7-12(23-14)10-22-2)9-11-5-3-4-6-13(11)16(17,18)19/h3-8H,9-10H2,1-2H3. The molecule has 0 N–H and O–H groups in total. The van der Waals surface area contributed by atoms with Crippen molar-refractivity contribution in [3.63, 3.8) is 0 Å². The highest BCUT2D eigenvalue weighted by Gasteiger charge is 2.33. The van der Waals surface area contributed by atoms with Gasteiger partial charge in [-0.15, -0.1) is 0 Å². The van der Waals surface area contributed by atoms with Gasteiger partial charge in [-0.05, 0) is 23.8 Å². The molecular weight excluding hydrogens is 311 g/mol. The lowest BCUT2D eigenvalue weighted by atomic mass is 10.1. The minimum Gasteiger partial charge on any atom is -0.453 e. The lowest BCUT2D eigenvalue weighted by Gasteiger charge is -2.19. The van der Waals surface area contributed by atoms with E-state index in [0.29, 0.717) is 5.76 Å². The average Bonchev–Trinajstić information content (AvgIpc) is 2.95. The van der Waals surface area contributed by atoms with Gasteiger partial charge in [0.1, 0.15) is 12.4 Å². The maximum atomic E-state index is 13.0. The zero-order valence-corrected chi connectivity index (χ0v) is 12.7. The van der Waals surface area contributed by atoms with Crippen LogP contribution >= 0.6 is 0 Å². The van der Waals surface area contributed by atoms with Crippen LogP contribution in [0.4, 0.5) is 13.2 Å². The van der Waals surface area contributed by atoms with Crippen LogP contribution in [-0.4, -0.2) is 25.0 Å². The third kappa shape index (κ3) is 4.13. The molecule has 0 spiro atoms. The second-order valence-electron chi connectivity index (χ2n) is 5.02. The fraction of sp³-hybridized carbons (Fsp3) is 0.312. The van der Waals surface area contributed by atoms with Crippen molar-refractivity contribution in [3.05, 3.63) is 59.0 Å². The Morgan fingerprint density at radius 3 is 2.57 bits per heavy atom. The quantitative estimate of drug-likeness (QED) is 0.840. The van der Waals surface area contributed by atoms with Gasteiger partial charge in [0, 0.05) is 20.7 Å². The minimum atomic E-state index is -4.46. The van der Waals surface area contributed by atoms with E-state index in [0.717, 1.165) is 6.07 Å². The summed E-state index contributed by atoms with van der Waals surface area (Å²) < 4.78 is 49.1. The zero-order chi connectivity index (χ0) is 17.0. The fourth-order valence-corrected chi connectivity index (χ4v) is 2.16. The summed E-state index contributed by atoms with van der Waals surface area (Å²) in [5, 5.41) is 0. The van der Waals surface area contributed by atoms with E-state index in [1.54, 1.807) is 6.07 Å². The average molecular weight is 327 g/mol. The van der Waals surface area contributed by atoms with E-state index in [1.165, 1.54) is 43.3 Å². The smallest absolute Gasteiger partial charge is 0.416 e. The van der Waals surface area contributed by atoms with Crippen molar-refractivity contribution < 1.29 is 27.1 Å². The first-order valence-electron chi connectivity index (χ1n) is 6.81. The van der Waals surface area contributed by atoms with Gasteiger partial charge in [0.2, 0.25) is 0 Å². The van der Waals surface area contributed by atoms with Crippen LogP contribution in [-0.2, 0) is 24.1 Å². The molecule has 0 unspecified atom stereocenters. The topological polar surface area (TPSA) is 42.7 Å². The number of rotatable bonds is 5. The Morgan fingerprint density at radius 2 is 1.91 bits per heavy atom. The first kappa shape index (κ1) is 17.1. The predicted molar refractivity (Wildman–Crippen MR) is 76.7 cm³/mol. The third-order valence-corrected chi connectivity index (χ3v) is 3.24. The van der Waals surface area contributed by atoms with E-state index in [9.17, 15) is 18.0 Å². The van der Waals surface area contributed by atoms with Crippen molar-refractivity contribution in [1.82, 2.24) is 4.90 Å². The number of halogens is 3. The molecule has 0 aliphatic rings. The Bertz CT molecular complexity index is 679. The second-order valence-corrected chi connectivity index (χ2v) is 5.02. The van der Waals surface area contributed by atoms with Crippen LogP contribution in [0.3, 0.4) is 0 Å². The van der Waals surface area contributed by atoms with Gasteiger partial charge in [-0.2, -0.15) is 13.2 Å². The number of alkyl halides is 3. The number of carbonyl (C=O) groups excluding carboxylic acids is 1. The van der Waals surface area contributed by atoms with E-state index < -0.39 is 17.6 Å². The van der Waals surface area contributed by atoms with Crippen LogP contribution in [0.5, 0.6) is 0 Å². The molecular formula is C16H16F3NO3. The number of methoxy groups -OCH3 is 1. The maximum absolute atomic E-state index is 13.0. The zero-order valence-electron chi connectivity index (χ0n) is 12.7. The summed E-state index contributed by atoms with van der Waals surface area (Å²) in [5.41, 5.74) is -0.723. The SMILES string of the molecule is COCc1ccc(C(=O)N(C)Cc2ccccc2C(F)(F)F)o1. The molecule has 0 bridgehead atoms. The number of nitrogens with zero attached hydrogens (tertiary/aromatic N) is 1. The van der Waals surface area contributed by atoms with Crippen LogP contribution in [0, 0.1) is 0 Å². The van der Waals surface area contributed by atoms with E-state index in [2.05, 4.69) is 0 Å². The molecule has 0 atom stereocenters. The fourth-order valence-electron chi connectivity index (χ4n) is 2.16. The van der Waals surface area contributed by atoms with Gasteiger partial charge in [0.25, 0.3) is 5.91 Å². The maximum Gasteiger partial charge on any atom is 0.416 e. The van der Waals surface area contributed by atoms with E-state index in [1.807, 2.05) is 0 Å². The lowest BCUT2D eigenvalue weighted by Crippen LogP contribution is -2.27. The van der Waals surface area contributed by atoms with Crippen LogP contribution < -0.4 is 0 Å². The number of benzene rings is 1. The van der Waals surface area contributed by atoms with Crippen LogP contribution in [0.2, 0.25) is 0 Å². The van der Waals surface area contributed by atoms with E-state index >= 15 is 0 Å². The summed E-state index contributed by atoms with van der Waals surface area (Å²) in [4.78, 5) is 13.4. The Hall–Kier alpha value is -2.28. The van der Waals surface area contributed by atoms with E-state index in [4.69, 9.17) is 9.15 Å². The Morgan fingerprint density at radius 1 is 1.22 bits per heavy atom. The number of hydrogen-bond donors (Lipinski definition) is 0. The molecule has 1 aromatic carbocycles. The highest BCUT2D eigenvalue weighted by Crippen LogP contribution is 2.32. The first-order valence-corrected chi connectivity index (χ1v) is 6.81. The van der Waals surface area contributed by atoms with E-state index in [-0.39, 0.29) is 24.5 Å². The molecule has 0 saturated heterocycles. The van der Waals surface area contributed by atoms with Crippen molar-refractivity contribution in [2.75, 3.05) is 14.2 Å². The van der Waals surface area contributed by atoms with Gasteiger partial charge in [-0.3, -0.25) is 4.79 Å². The molecule has 2 aromatic rings. The van der Waals surface area contributed by atoms with Crippen molar-refractivity contribution in [2.45, 2.75) is 19.3 Å². The summed E-state index contributed by atoms with van der Waals surface area (Å²) in [5.74, 6) is 0.0355. The molecule has 1 aromatic heterocycles. The van der Waals surface area contributed by atoms with Crippen molar-refractivity contribution >= 4 is 5.91 Å². The number of amides is 1. The molecule has 0 saturated carbocycles. The molecule has 0 radical (unpaired) electrons. The Labute approximate surface area is 131 Å². The Balaban J connectivity index is 2.15. The molecule has 1 heterocycles. The van der Waals surface area contributed by atoms with Gasteiger partial charge >= 0.3 is 6.18 Å². The van der Waals surface area contributed by atoms with Crippen LogP contribution in [0.1, 0.15) is 27.4 Å². The second kappa shape index (κ2) is 6.87. The van der Waals surface area contributed by atoms with Gasteiger partial charge in [-0.25, -0.2) is 0 Å². The van der Waals surface area contributed by atoms with Gasteiger partial charge in [0.15, 0.2) is 5.76 Å². The summed E-state index contributed by atoms with van der Waals surface area (Å²) in [6, 6.07) is 8.24.